The zero-order chi connectivity index (χ0) is 29.5. The summed E-state index contributed by atoms with van der Waals surface area (Å²) in [7, 11) is 3.04. The Morgan fingerprint density at radius 1 is 0.929 bits per heavy atom. The fourth-order valence-corrected chi connectivity index (χ4v) is 8.27. The van der Waals surface area contributed by atoms with Crippen molar-refractivity contribution >= 4 is 63.8 Å². The minimum absolute atomic E-state index is 0.263. The number of thiazole rings is 1. The number of halogens is 1. The van der Waals surface area contributed by atoms with E-state index in [0.717, 1.165) is 23.1 Å². The number of nitrogens with one attached hydrogen (secondary N) is 1. The summed E-state index contributed by atoms with van der Waals surface area (Å²) in [6.45, 7) is -0.263. The van der Waals surface area contributed by atoms with E-state index in [2.05, 4.69) is 5.32 Å². The Kier molecular flexibility index (Phi) is 7.56. The molecule has 1 aromatic heterocycles. The largest absolute Gasteiger partial charge is 0.493 e. The van der Waals surface area contributed by atoms with Crippen LogP contribution in [0.5, 0.6) is 11.5 Å². The third-order valence-electron chi connectivity index (χ3n) is 7.26. The van der Waals surface area contributed by atoms with Crippen LogP contribution in [0.4, 0.5) is 11.4 Å². The lowest BCUT2D eigenvalue weighted by atomic mass is 9.83. The van der Waals surface area contributed by atoms with E-state index < -0.39 is 23.0 Å². The second kappa shape index (κ2) is 11.3. The van der Waals surface area contributed by atoms with Gasteiger partial charge < -0.3 is 14.8 Å². The number of imide groups is 1. The van der Waals surface area contributed by atoms with E-state index in [4.69, 9.17) is 21.1 Å². The molecular formula is C30H24ClN3O6S2. The van der Waals surface area contributed by atoms with E-state index in [0.29, 0.717) is 43.4 Å². The molecular weight excluding hydrogens is 598 g/mol. The molecule has 4 aromatic rings. The third-order valence-corrected chi connectivity index (χ3v) is 10.1. The molecule has 0 radical (unpaired) electrons. The molecule has 0 bridgehead atoms. The van der Waals surface area contributed by atoms with Crippen molar-refractivity contribution in [2.75, 3.05) is 24.4 Å². The molecule has 12 heteroatoms. The summed E-state index contributed by atoms with van der Waals surface area (Å²) in [6.07, 6.45) is 0. The fourth-order valence-electron chi connectivity index (χ4n) is 5.37. The van der Waals surface area contributed by atoms with Crippen molar-refractivity contribution in [2.24, 2.45) is 5.92 Å². The first-order valence-corrected chi connectivity index (χ1v) is 15.0. The molecule has 214 valence electrons. The van der Waals surface area contributed by atoms with Gasteiger partial charge in [-0.2, -0.15) is 0 Å². The van der Waals surface area contributed by atoms with Gasteiger partial charge in [0.1, 0.15) is 11.8 Å². The highest BCUT2D eigenvalue weighted by molar-refractivity contribution is 8.00. The predicted molar refractivity (Wildman–Crippen MR) is 162 cm³/mol. The summed E-state index contributed by atoms with van der Waals surface area (Å²) in [5, 5.41) is 3.00. The van der Waals surface area contributed by atoms with Gasteiger partial charge in [0.15, 0.2) is 11.5 Å². The maximum atomic E-state index is 14.0. The lowest BCUT2D eigenvalue weighted by molar-refractivity contribution is -0.122. The number of fused-ring (bicyclic) bond motifs is 2. The van der Waals surface area contributed by atoms with Crippen molar-refractivity contribution < 1.29 is 23.9 Å². The number of hydrogen-bond donors (Lipinski definition) is 1. The Balaban J connectivity index is 1.43. The van der Waals surface area contributed by atoms with Crippen LogP contribution in [-0.4, -0.2) is 41.8 Å². The van der Waals surface area contributed by atoms with Crippen LogP contribution in [0.2, 0.25) is 5.02 Å². The van der Waals surface area contributed by atoms with Gasteiger partial charge in [0.2, 0.25) is 17.7 Å². The van der Waals surface area contributed by atoms with E-state index in [9.17, 15) is 19.2 Å². The van der Waals surface area contributed by atoms with Gasteiger partial charge in [0, 0.05) is 21.5 Å². The van der Waals surface area contributed by atoms with Crippen LogP contribution < -0.4 is 24.6 Å². The summed E-state index contributed by atoms with van der Waals surface area (Å²) < 4.78 is 12.3. The van der Waals surface area contributed by atoms with Crippen molar-refractivity contribution in [3.05, 3.63) is 97.9 Å². The van der Waals surface area contributed by atoms with Crippen LogP contribution in [0.1, 0.15) is 16.4 Å². The number of nitrogens with zero attached hydrogens (tertiary/aromatic N) is 2. The van der Waals surface area contributed by atoms with Crippen LogP contribution in [-0.2, 0) is 20.9 Å². The topological polar surface area (TPSA) is 107 Å². The summed E-state index contributed by atoms with van der Waals surface area (Å²) in [5.74, 6) is -1.57. The van der Waals surface area contributed by atoms with Gasteiger partial charge in [0.05, 0.1) is 30.9 Å². The highest BCUT2D eigenvalue weighted by Gasteiger charge is 2.57. The predicted octanol–water partition coefficient (Wildman–Crippen LogP) is 5.01. The number of aromatic nitrogens is 1. The number of para-hydroxylation sites is 1. The van der Waals surface area contributed by atoms with Crippen LogP contribution in [0.15, 0.2) is 82.6 Å². The number of carbonyl (C=O) groups excluding carboxylic acids is 3. The van der Waals surface area contributed by atoms with Crippen LogP contribution in [0, 0.1) is 5.92 Å². The normalized spacial score (nSPS) is 19.3. The summed E-state index contributed by atoms with van der Waals surface area (Å²) in [6, 6.07) is 20.7. The molecule has 3 atom stereocenters. The standard InChI is InChI=1S/C30H24ClN3O6S2/c1-39-20-13-8-16(14-21(20)40-2)23-24-25(28(37)34(27(24)36)19-6-4-3-5-7-19)41-29-26(23)42-30(38)33(29)15-22(35)32-18-11-9-17(31)10-12-18/h3-14,23-25H,15H2,1-2H3,(H,32,35)/t23-,24?,25?/m1/s1. The fraction of sp³-hybridized carbons (Fsp3) is 0.200. The number of methoxy groups -OCH3 is 2. The minimum Gasteiger partial charge on any atom is -0.493 e. The number of benzene rings is 3. The number of amides is 3. The molecule has 2 aliphatic rings. The monoisotopic (exact) mass is 621 g/mol. The average Bonchev–Trinajstić information content (AvgIpc) is 3.44. The van der Waals surface area contributed by atoms with E-state index in [1.54, 1.807) is 60.7 Å². The van der Waals surface area contributed by atoms with E-state index in [-0.39, 0.29) is 23.2 Å². The van der Waals surface area contributed by atoms with E-state index in [1.807, 2.05) is 12.1 Å². The lowest BCUT2D eigenvalue weighted by Crippen LogP contribution is -2.33. The van der Waals surface area contributed by atoms with Crippen LogP contribution in [0.25, 0.3) is 0 Å². The Hall–Kier alpha value is -4.06. The summed E-state index contributed by atoms with van der Waals surface area (Å²) in [5.41, 5.74) is 1.71. The minimum atomic E-state index is -0.803. The SMILES string of the molecule is COc1ccc([C@H]2c3sc(=O)n(CC(=O)Nc4ccc(Cl)cc4)c3SC3C(=O)N(c4ccccc4)C(=O)C32)cc1OC. The first kappa shape index (κ1) is 28.1. The van der Waals surface area contributed by atoms with Gasteiger partial charge in [-0.05, 0) is 54.1 Å². The maximum Gasteiger partial charge on any atom is 0.308 e. The molecule has 1 fully saturated rings. The highest BCUT2D eigenvalue weighted by Crippen LogP contribution is 2.54. The van der Waals surface area contributed by atoms with Crippen LogP contribution in [0.3, 0.4) is 0 Å². The summed E-state index contributed by atoms with van der Waals surface area (Å²) in [4.78, 5) is 55.7. The highest BCUT2D eigenvalue weighted by atomic mass is 35.5. The first-order valence-electron chi connectivity index (χ1n) is 12.9. The quantitative estimate of drug-likeness (QED) is 0.289. The van der Waals surface area contributed by atoms with E-state index in [1.165, 1.54) is 23.7 Å². The molecule has 6 rings (SSSR count). The van der Waals surface area contributed by atoms with Crippen LogP contribution >= 0.6 is 34.7 Å². The third kappa shape index (κ3) is 4.87. The molecule has 9 nitrogen and oxygen atoms in total. The van der Waals surface area contributed by atoms with Gasteiger partial charge in [-0.1, -0.05) is 59.0 Å². The molecule has 2 aliphatic heterocycles. The van der Waals surface area contributed by atoms with Gasteiger partial charge in [-0.15, -0.1) is 0 Å². The second-order valence-electron chi connectivity index (χ2n) is 9.68. The smallest absolute Gasteiger partial charge is 0.308 e. The van der Waals surface area contributed by atoms with Gasteiger partial charge >= 0.3 is 4.87 Å². The molecule has 3 aromatic carbocycles. The molecule has 1 N–H and O–H groups in total. The van der Waals surface area contributed by atoms with Gasteiger partial charge in [-0.3, -0.25) is 23.7 Å². The molecule has 0 spiro atoms. The molecule has 0 aliphatic carbocycles. The Bertz CT molecular complexity index is 1760. The van der Waals surface area contributed by atoms with Crippen molar-refractivity contribution in [1.82, 2.24) is 4.57 Å². The zero-order valence-electron chi connectivity index (χ0n) is 22.4. The van der Waals surface area contributed by atoms with Crippen molar-refractivity contribution in [1.29, 1.82) is 0 Å². The number of rotatable bonds is 7. The zero-order valence-corrected chi connectivity index (χ0v) is 24.8. The van der Waals surface area contributed by atoms with Crippen molar-refractivity contribution in [2.45, 2.75) is 22.7 Å². The molecule has 1 saturated heterocycles. The molecule has 3 heterocycles. The number of anilines is 2. The molecule has 2 unspecified atom stereocenters. The average molecular weight is 622 g/mol. The Morgan fingerprint density at radius 2 is 1.64 bits per heavy atom. The maximum absolute atomic E-state index is 14.0. The first-order chi connectivity index (χ1) is 20.3. The molecule has 42 heavy (non-hydrogen) atoms. The number of thioether (sulfide) groups is 1. The second-order valence-corrected chi connectivity index (χ2v) is 12.2. The lowest BCUT2D eigenvalue weighted by Gasteiger charge is -2.31. The van der Waals surface area contributed by atoms with Crippen molar-refractivity contribution in [3.63, 3.8) is 0 Å². The summed E-state index contributed by atoms with van der Waals surface area (Å²) >= 11 is 8.09. The van der Waals surface area contributed by atoms with Gasteiger partial charge in [0.25, 0.3) is 0 Å². The number of hydrogen-bond acceptors (Lipinski definition) is 8. The Morgan fingerprint density at radius 3 is 2.33 bits per heavy atom. The van der Waals surface area contributed by atoms with E-state index >= 15 is 0 Å². The Labute approximate surface area is 254 Å². The number of carbonyl (C=O) groups is 3. The van der Waals surface area contributed by atoms with Crippen molar-refractivity contribution in [3.8, 4) is 11.5 Å². The van der Waals surface area contributed by atoms with Gasteiger partial charge in [-0.25, -0.2) is 4.90 Å². The molecule has 0 saturated carbocycles. The molecule has 3 amide bonds. The number of ether oxygens (including phenoxy) is 2.